The zero-order chi connectivity index (χ0) is 6.24. The van der Waals surface area contributed by atoms with E-state index in [1.54, 1.807) is 18.6 Å². The molecule has 0 heterocycles. The molecule has 3 nitrogen and oxygen atoms in total. The normalized spacial score (nSPS) is 10.6. The Kier molecular flexibility index (Phi) is 5.06. The first-order valence-corrected chi connectivity index (χ1v) is 2.29. The zero-order valence-corrected chi connectivity index (χ0v) is 4.76. The smallest absolute Gasteiger partial charge is 0.0831 e. The molecule has 44 valence electrons. The van der Waals surface area contributed by atoms with Crippen LogP contribution in [0.4, 0.5) is 0 Å². The van der Waals surface area contributed by atoms with Crippen LogP contribution in [0, 0.1) is 5.41 Å². The van der Waals surface area contributed by atoms with Gasteiger partial charge in [-0.05, 0) is 6.92 Å². The van der Waals surface area contributed by atoms with E-state index < -0.39 is 0 Å². The Morgan fingerprint density at radius 2 is 2.38 bits per heavy atom. The number of rotatable bonds is 3. The second-order valence-electron chi connectivity index (χ2n) is 1.03. The van der Waals surface area contributed by atoms with Gasteiger partial charge in [-0.15, -0.1) is 0 Å². The summed E-state index contributed by atoms with van der Waals surface area (Å²) in [6, 6.07) is 0. The maximum Gasteiger partial charge on any atom is 0.0831 e. The van der Waals surface area contributed by atoms with Gasteiger partial charge in [0, 0.05) is 18.6 Å². The molecule has 0 rings (SSSR count). The van der Waals surface area contributed by atoms with Crippen LogP contribution in [0.15, 0.2) is 17.4 Å². The van der Waals surface area contributed by atoms with Crippen LogP contribution < -0.4 is 5.32 Å². The Hall–Kier alpha value is -1.12. The maximum atomic E-state index is 6.50. The predicted octanol–water partition coefficient (Wildman–Crippen LogP) is 0.745. The highest BCUT2D eigenvalue weighted by atomic mass is 14.9. The van der Waals surface area contributed by atoms with Crippen LogP contribution >= 0.6 is 0 Å². The largest absolute Gasteiger partial charge is 0.352 e. The highest BCUT2D eigenvalue weighted by Gasteiger charge is 1.58. The Balaban J connectivity index is 3.19. The standard InChI is InChI=1S/C5H9N3/c1-2-7-3-4-8-5-6/h2-5H,1H3,(H2,6,8). The van der Waals surface area contributed by atoms with Crippen molar-refractivity contribution >= 4 is 12.6 Å². The summed E-state index contributed by atoms with van der Waals surface area (Å²) in [5, 5.41) is 9.03. The Labute approximate surface area is 48.6 Å². The summed E-state index contributed by atoms with van der Waals surface area (Å²) in [6.45, 7) is 1.83. The molecule has 0 aliphatic carbocycles. The molecule has 0 aliphatic heterocycles. The molecule has 0 saturated carbocycles. The monoisotopic (exact) mass is 111 g/mol. The predicted molar refractivity (Wildman–Crippen MR) is 35.2 cm³/mol. The van der Waals surface area contributed by atoms with E-state index in [1.165, 1.54) is 0 Å². The number of aliphatic imine (C=N–C) groups is 1. The molecular formula is C5H9N3. The summed E-state index contributed by atoms with van der Waals surface area (Å²) in [5.74, 6) is 0. The van der Waals surface area contributed by atoms with Crippen molar-refractivity contribution in [1.82, 2.24) is 5.32 Å². The third kappa shape index (κ3) is 4.88. The van der Waals surface area contributed by atoms with E-state index in [9.17, 15) is 0 Å². The fourth-order valence-electron chi connectivity index (χ4n) is 0.220. The van der Waals surface area contributed by atoms with Crippen molar-refractivity contribution in [1.29, 1.82) is 5.41 Å². The fraction of sp³-hybridized carbons (Fsp3) is 0.200. The first-order valence-electron chi connectivity index (χ1n) is 2.29. The van der Waals surface area contributed by atoms with Crippen LogP contribution in [-0.2, 0) is 0 Å². The minimum atomic E-state index is 1.08. The van der Waals surface area contributed by atoms with Crippen molar-refractivity contribution < 1.29 is 0 Å². The summed E-state index contributed by atoms with van der Waals surface area (Å²) in [5.41, 5.74) is 0. The molecule has 2 N–H and O–H groups in total. The summed E-state index contributed by atoms with van der Waals surface area (Å²) >= 11 is 0. The molecule has 0 aromatic heterocycles. The molecule has 0 saturated heterocycles. The average Bonchev–Trinajstić information content (AvgIpc) is 1.81. The van der Waals surface area contributed by atoms with E-state index in [4.69, 9.17) is 5.41 Å². The second-order valence-corrected chi connectivity index (χ2v) is 1.03. The molecule has 0 aliphatic rings. The second kappa shape index (κ2) is 5.88. The Morgan fingerprint density at radius 3 is 2.88 bits per heavy atom. The van der Waals surface area contributed by atoms with Gasteiger partial charge in [-0.2, -0.15) is 0 Å². The molecule has 8 heavy (non-hydrogen) atoms. The van der Waals surface area contributed by atoms with Gasteiger partial charge in [-0.25, -0.2) is 0 Å². The van der Waals surface area contributed by atoms with Crippen LogP contribution in [0.1, 0.15) is 6.92 Å². The Morgan fingerprint density at radius 1 is 1.62 bits per heavy atom. The van der Waals surface area contributed by atoms with Crippen molar-refractivity contribution in [2.75, 3.05) is 0 Å². The van der Waals surface area contributed by atoms with E-state index in [0.717, 1.165) is 6.34 Å². The van der Waals surface area contributed by atoms with Gasteiger partial charge in [-0.1, -0.05) is 0 Å². The van der Waals surface area contributed by atoms with E-state index in [1.807, 2.05) is 6.92 Å². The van der Waals surface area contributed by atoms with Gasteiger partial charge in [0.15, 0.2) is 0 Å². The van der Waals surface area contributed by atoms with Crippen molar-refractivity contribution in [2.24, 2.45) is 4.99 Å². The Bertz CT molecular complexity index is 104. The molecule has 0 spiro atoms. The summed E-state index contributed by atoms with van der Waals surface area (Å²) in [4.78, 5) is 3.74. The van der Waals surface area contributed by atoms with Crippen molar-refractivity contribution in [3.8, 4) is 0 Å². The first kappa shape index (κ1) is 6.88. The number of nitrogens with one attached hydrogen (secondary N) is 2. The maximum absolute atomic E-state index is 6.50. The molecule has 0 bridgehead atoms. The lowest BCUT2D eigenvalue weighted by Gasteiger charge is -1.79. The number of hydrogen-bond donors (Lipinski definition) is 2. The van der Waals surface area contributed by atoms with Gasteiger partial charge < -0.3 is 5.32 Å². The molecule has 0 fully saturated rings. The van der Waals surface area contributed by atoms with Crippen LogP contribution in [0.3, 0.4) is 0 Å². The molecular weight excluding hydrogens is 102 g/mol. The first-order chi connectivity index (χ1) is 3.91. The highest BCUT2D eigenvalue weighted by Crippen LogP contribution is 1.65. The van der Waals surface area contributed by atoms with Crippen molar-refractivity contribution in [3.63, 3.8) is 0 Å². The van der Waals surface area contributed by atoms with E-state index >= 15 is 0 Å². The average molecular weight is 111 g/mol. The number of hydrogen-bond acceptors (Lipinski definition) is 2. The van der Waals surface area contributed by atoms with Crippen molar-refractivity contribution in [3.05, 3.63) is 12.4 Å². The van der Waals surface area contributed by atoms with Gasteiger partial charge in [0.05, 0.1) is 6.34 Å². The minimum absolute atomic E-state index is 1.08. The van der Waals surface area contributed by atoms with Crippen LogP contribution in [0.25, 0.3) is 0 Å². The van der Waals surface area contributed by atoms with Gasteiger partial charge in [0.25, 0.3) is 0 Å². The lowest BCUT2D eigenvalue weighted by Crippen LogP contribution is -1.96. The fourth-order valence-corrected chi connectivity index (χ4v) is 0.220. The van der Waals surface area contributed by atoms with Gasteiger partial charge in [-0.3, -0.25) is 10.4 Å². The summed E-state index contributed by atoms with van der Waals surface area (Å²) < 4.78 is 0. The molecule has 0 radical (unpaired) electrons. The van der Waals surface area contributed by atoms with Crippen molar-refractivity contribution in [2.45, 2.75) is 6.92 Å². The topological polar surface area (TPSA) is 48.2 Å². The molecule has 0 atom stereocenters. The number of nitrogens with zero attached hydrogens (tertiary/aromatic N) is 1. The van der Waals surface area contributed by atoms with Crippen LogP contribution in [-0.4, -0.2) is 12.6 Å². The van der Waals surface area contributed by atoms with E-state index in [-0.39, 0.29) is 0 Å². The quantitative estimate of drug-likeness (QED) is 0.409. The minimum Gasteiger partial charge on any atom is -0.352 e. The lowest BCUT2D eigenvalue weighted by atomic mass is 10.8. The van der Waals surface area contributed by atoms with Crippen LogP contribution in [0.2, 0.25) is 0 Å². The SMILES string of the molecule is CC=NC=CNC=N. The molecule has 0 aromatic carbocycles. The van der Waals surface area contributed by atoms with Gasteiger partial charge >= 0.3 is 0 Å². The zero-order valence-electron chi connectivity index (χ0n) is 4.76. The van der Waals surface area contributed by atoms with Gasteiger partial charge in [0.1, 0.15) is 0 Å². The highest BCUT2D eigenvalue weighted by molar-refractivity contribution is 5.54. The van der Waals surface area contributed by atoms with E-state index in [0.29, 0.717) is 0 Å². The van der Waals surface area contributed by atoms with Gasteiger partial charge in [0.2, 0.25) is 0 Å². The molecule has 3 heteroatoms. The molecule has 0 aromatic rings. The summed E-state index contributed by atoms with van der Waals surface area (Å²) in [7, 11) is 0. The third-order valence-corrected chi connectivity index (χ3v) is 0.489. The van der Waals surface area contributed by atoms with E-state index in [2.05, 4.69) is 10.3 Å². The molecule has 0 unspecified atom stereocenters. The lowest BCUT2D eigenvalue weighted by molar-refractivity contribution is 1.27. The molecule has 0 amide bonds. The van der Waals surface area contributed by atoms with Crippen LogP contribution in [0.5, 0.6) is 0 Å². The summed E-state index contributed by atoms with van der Waals surface area (Å²) in [6.07, 6.45) is 5.90. The third-order valence-electron chi connectivity index (χ3n) is 0.489.